The number of anilines is 1. The van der Waals surface area contributed by atoms with Gasteiger partial charge < -0.3 is 11.1 Å². The smallest absolute Gasteiger partial charge is 0.223 e. The van der Waals surface area contributed by atoms with E-state index in [1.165, 1.54) is 10.4 Å². The molecule has 1 amide bonds. The second kappa shape index (κ2) is 5.09. The minimum atomic E-state index is -0.313. The molecule has 0 aliphatic heterocycles. The first-order valence-corrected chi connectivity index (χ1v) is 8.59. The Balaban J connectivity index is 1.71. The standard InChI is InChI=1S/C17H19N3OS/c18-16-19-13-8-9-17(10-14(13)22-16,12-4-2-1-3-5-12)20-15(21)11-6-7-11/h1-5,11H,6-10H2,(H2,18,19)(H,20,21). The first kappa shape index (κ1) is 13.8. The van der Waals surface area contributed by atoms with E-state index in [0.29, 0.717) is 5.13 Å². The molecule has 2 aromatic rings. The van der Waals surface area contributed by atoms with Gasteiger partial charge in [-0.15, -0.1) is 11.3 Å². The van der Waals surface area contributed by atoms with Crippen molar-refractivity contribution in [2.75, 3.05) is 5.73 Å². The predicted molar refractivity (Wildman–Crippen MR) is 87.5 cm³/mol. The fourth-order valence-electron chi connectivity index (χ4n) is 3.30. The summed E-state index contributed by atoms with van der Waals surface area (Å²) in [5.41, 5.74) is 7.84. The summed E-state index contributed by atoms with van der Waals surface area (Å²) in [4.78, 5) is 18.1. The highest BCUT2D eigenvalue weighted by Crippen LogP contribution is 2.40. The molecule has 1 saturated carbocycles. The fraction of sp³-hybridized carbons (Fsp3) is 0.412. The third-order valence-corrected chi connectivity index (χ3v) is 5.61. The molecule has 1 aromatic carbocycles. The zero-order valence-electron chi connectivity index (χ0n) is 12.3. The van der Waals surface area contributed by atoms with E-state index < -0.39 is 0 Å². The van der Waals surface area contributed by atoms with Crippen LogP contribution in [0.2, 0.25) is 0 Å². The predicted octanol–water partition coefficient (Wildman–Crippen LogP) is 2.64. The van der Waals surface area contributed by atoms with Gasteiger partial charge in [-0.1, -0.05) is 30.3 Å². The van der Waals surface area contributed by atoms with Gasteiger partial charge in [-0.3, -0.25) is 4.79 Å². The van der Waals surface area contributed by atoms with E-state index in [2.05, 4.69) is 22.4 Å². The van der Waals surface area contributed by atoms with Crippen molar-refractivity contribution >= 4 is 22.4 Å². The van der Waals surface area contributed by atoms with Crippen molar-refractivity contribution in [1.29, 1.82) is 0 Å². The Morgan fingerprint density at radius 3 is 2.82 bits per heavy atom. The van der Waals surface area contributed by atoms with Crippen molar-refractivity contribution in [2.24, 2.45) is 5.92 Å². The number of nitrogens with two attached hydrogens (primary N) is 1. The van der Waals surface area contributed by atoms with Crippen molar-refractivity contribution < 1.29 is 4.79 Å². The van der Waals surface area contributed by atoms with Gasteiger partial charge in [0.25, 0.3) is 0 Å². The van der Waals surface area contributed by atoms with Crippen LogP contribution in [0.4, 0.5) is 5.13 Å². The van der Waals surface area contributed by atoms with Gasteiger partial charge in [0.05, 0.1) is 11.2 Å². The van der Waals surface area contributed by atoms with E-state index in [-0.39, 0.29) is 17.4 Å². The SMILES string of the molecule is Nc1nc2c(s1)CC(NC(=O)C1CC1)(c1ccccc1)CC2. The quantitative estimate of drug-likeness (QED) is 0.915. The summed E-state index contributed by atoms with van der Waals surface area (Å²) in [5, 5.41) is 3.99. The monoisotopic (exact) mass is 313 g/mol. The van der Waals surface area contributed by atoms with Crippen molar-refractivity contribution in [3.05, 3.63) is 46.5 Å². The molecule has 1 atom stereocenters. The Morgan fingerprint density at radius 2 is 2.09 bits per heavy atom. The lowest BCUT2D eigenvalue weighted by Gasteiger charge is -2.38. The number of nitrogen functional groups attached to an aromatic ring is 1. The van der Waals surface area contributed by atoms with Crippen molar-refractivity contribution in [1.82, 2.24) is 10.3 Å². The van der Waals surface area contributed by atoms with Crippen LogP contribution in [0.3, 0.4) is 0 Å². The minimum Gasteiger partial charge on any atom is -0.375 e. The summed E-state index contributed by atoms with van der Waals surface area (Å²) in [7, 11) is 0. The first-order valence-electron chi connectivity index (χ1n) is 7.78. The maximum Gasteiger partial charge on any atom is 0.223 e. The number of nitrogens with zero attached hydrogens (tertiary/aromatic N) is 1. The molecule has 0 saturated heterocycles. The van der Waals surface area contributed by atoms with E-state index in [1.807, 2.05) is 18.2 Å². The number of fused-ring (bicyclic) bond motifs is 1. The Bertz CT molecular complexity index is 708. The van der Waals surface area contributed by atoms with Crippen LogP contribution in [0.15, 0.2) is 30.3 Å². The highest BCUT2D eigenvalue weighted by atomic mass is 32.1. The minimum absolute atomic E-state index is 0.199. The zero-order valence-corrected chi connectivity index (χ0v) is 13.2. The lowest BCUT2D eigenvalue weighted by Crippen LogP contribution is -2.50. The van der Waals surface area contributed by atoms with Crippen molar-refractivity contribution in [3.63, 3.8) is 0 Å². The van der Waals surface area contributed by atoms with Crippen LogP contribution >= 0.6 is 11.3 Å². The second-order valence-electron chi connectivity index (χ2n) is 6.31. The van der Waals surface area contributed by atoms with Crippen molar-refractivity contribution in [2.45, 2.75) is 37.6 Å². The average molecular weight is 313 g/mol. The number of hydrogen-bond donors (Lipinski definition) is 2. The third-order valence-electron chi connectivity index (χ3n) is 4.68. The van der Waals surface area contributed by atoms with E-state index in [0.717, 1.165) is 37.8 Å². The van der Waals surface area contributed by atoms with Crippen LogP contribution in [-0.2, 0) is 23.2 Å². The Morgan fingerprint density at radius 1 is 1.32 bits per heavy atom. The summed E-state index contributed by atoms with van der Waals surface area (Å²) in [6.45, 7) is 0. The number of aromatic nitrogens is 1. The molecular weight excluding hydrogens is 294 g/mol. The van der Waals surface area contributed by atoms with Gasteiger partial charge in [0.15, 0.2) is 5.13 Å². The van der Waals surface area contributed by atoms with Crippen LogP contribution in [0.5, 0.6) is 0 Å². The molecular formula is C17H19N3OS. The molecule has 1 unspecified atom stereocenters. The second-order valence-corrected chi connectivity index (χ2v) is 7.43. The van der Waals surface area contributed by atoms with Gasteiger partial charge in [-0.2, -0.15) is 0 Å². The molecule has 1 heterocycles. The fourth-order valence-corrected chi connectivity index (χ4v) is 4.29. The summed E-state index contributed by atoms with van der Waals surface area (Å²) >= 11 is 1.55. The number of carbonyl (C=O) groups excluding carboxylic acids is 1. The Labute approximate surface area is 133 Å². The van der Waals surface area contributed by atoms with Crippen LogP contribution in [0.25, 0.3) is 0 Å². The summed E-state index contributed by atoms with van der Waals surface area (Å²) in [6, 6.07) is 10.3. The first-order chi connectivity index (χ1) is 10.7. The van der Waals surface area contributed by atoms with E-state index in [9.17, 15) is 4.79 Å². The molecule has 2 aliphatic carbocycles. The molecule has 1 aromatic heterocycles. The third kappa shape index (κ3) is 2.39. The average Bonchev–Trinajstić information content (AvgIpc) is 3.30. The van der Waals surface area contributed by atoms with Gasteiger partial charge in [0.1, 0.15) is 0 Å². The van der Waals surface area contributed by atoms with Crippen molar-refractivity contribution in [3.8, 4) is 0 Å². The van der Waals surface area contributed by atoms with Gasteiger partial charge in [-0.05, 0) is 31.2 Å². The van der Waals surface area contributed by atoms with E-state index >= 15 is 0 Å². The molecule has 2 aliphatic rings. The molecule has 5 heteroatoms. The summed E-state index contributed by atoms with van der Waals surface area (Å²) < 4.78 is 0. The summed E-state index contributed by atoms with van der Waals surface area (Å²) in [5.74, 6) is 0.415. The lowest BCUT2D eigenvalue weighted by atomic mass is 9.77. The van der Waals surface area contributed by atoms with Crippen LogP contribution in [0.1, 0.15) is 35.4 Å². The maximum absolute atomic E-state index is 12.4. The van der Waals surface area contributed by atoms with E-state index in [4.69, 9.17) is 5.73 Å². The van der Waals surface area contributed by atoms with E-state index in [1.54, 1.807) is 11.3 Å². The summed E-state index contributed by atoms with van der Waals surface area (Å²) in [6.07, 6.45) is 4.58. The molecule has 1 fully saturated rings. The molecule has 4 rings (SSSR count). The molecule has 4 nitrogen and oxygen atoms in total. The number of thiazole rings is 1. The molecule has 0 spiro atoms. The highest BCUT2D eigenvalue weighted by Gasteiger charge is 2.41. The molecule has 3 N–H and O–H groups in total. The molecule has 0 bridgehead atoms. The molecule has 0 radical (unpaired) electrons. The van der Waals surface area contributed by atoms with Crippen LogP contribution < -0.4 is 11.1 Å². The molecule has 22 heavy (non-hydrogen) atoms. The largest absolute Gasteiger partial charge is 0.375 e. The number of rotatable bonds is 3. The van der Waals surface area contributed by atoms with Gasteiger partial charge in [0, 0.05) is 17.2 Å². The topological polar surface area (TPSA) is 68.0 Å². The number of aryl methyl sites for hydroxylation is 1. The van der Waals surface area contributed by atoms with Crippen LogP contribution in [0, 0.1) is 5.92 Å². The van der Waals surface area contributed by atoms with Gasteiger partial charge in [-0.25, -0.2) is 4.98 Å². The number of hydrogen-bond acceptors (Lipinski definition) is 4. The highest BCUT2D eigenvalue weighted by molar-refractivity contribution is 7.15. The number of carbonyl (C=O) groups is 1. The number of nitrogens with one attached hydrogen (secondary N) is 1. The van der Waals surface area contributed by atoms with Gasteiger partial charge >= 0.3 is 0 Å². The van der Waals surface area contributed by atoms with Gasteiger partial charge in [0.2, 0.25) is 5.91 Å². The lowest BCUT2D eigenvalue weighted by molar-refractivity contribution is -0.124. The molecule has 114 valence electrons. The number of amides is 1. The van der Waals surface area contributed by atoms with Crippen LogP contribution in [-0.4, -0.2) is 10.9 Å². The zero-order chi connectivity index (χ0) is 15.2. The Hall–Kier alpha value is -1.88. The number of benzene rings is 1. The Kier molecular flexibility index (Phi) is 3.18. The maximum atomic E-state index is 12.4. The normalized spacial score (nSPS) is 23.8.